The quantitative estimate of drug-likeness (QED) is 0.772. The van der Waals surface area contributed by atoms with Gasteiger partial charge in [-0.05, 0) is 36.1 Å². The van der Waals surface area contributed by atoms with Gasteiger partial charge in [0.05, 0.1) is 0 Å². The van der Waals surface area contributed by atoms with Crippen molar-refractivity contribution in [3.8, 4) is 11.5 Å². The Balaban J connectivity index is 2.12. The SMILES string of the molecule is CSCc1cccc(Oc2ccccc2)c1. The molecule has 0 saturated carbocycles. The van der Waals surface area contributed by atoms with Crippen LogP contribution in [0.3, 0.4) is 0 Å². The van der Waals surface area contributed by atoms with Crippen molar-refractivity contribution in [3.63, 3.8) is 0 Å². The van der Waals surface area contributed by atoms with E-state index in [-0.39, 0.29) is 0 Å². The summed E-state index contributed by atoms with van der Waals surface area (Å²) in [5, 5.41) is 0. The molecule has 0 N–H and O–H groups in total. The van der Waals surface area contributed by atoms with Crippen molar-refractivity contribution in [3.05, 3.63) is 60.2 Å². The molecule has 16 heavy (non-hydrogen) atoms. The Morgan fingerprint density at radius 1 is 0.938 bits per heavy atom. The van der Waals surface area contributed by atoms with Gasteiger partial charge >= 0.3 is 0 Å². The van der Waals surface area contributed by atoms with Gasteiger partial charge in [-0.1, -0.05) is 30.3 Å². The number of benzene rings is 2. The second kappa shape index (κ2) is 5.61. The Morgan fingerprint density at radius 2 is 1.69 bits per heavy atom. The molecule has 2 aromatic rings. The first-order chi connectivity index (χ1) is 7.88. The van der Waals surface area contributed by atoms with Gasteiger partial charge in [0.2, 0.25) is 0 Å². The van der Waals surface area contributed by atoms with Crippen LogP contribution in [0, 0.1) is 0 Å². The highest BCUT2D eigenvalue weighted by atomic mass is 32.2. The zero-order chi connectivity index (χ0) is 11.2. The number of hydrogen-bond acceptors (Lipinski definition) is 2. The van der Waals surface area contributed by atoms with E-state index < -0.39 is 0 Å². The van der Waals surface area contributed by atoms with Gasteiger partial charge in [0.15, 0.2) is 0 Å². The second-order valence-corrected chi connectivity index (χ2v) is 4.36. The maximum absolute atomic E-state index is 5.76. The van der Waals surface area contributed by atoms with E-state index in [1.54, 1.807) is 0 Å². The maximum atomic E-state index is 5.76. The lowest BCUT2D eigenvalue weighted by Crippen LogP contribution is -1.85. The predicted octanol–water partition coefficient (Wildman–Crippen LogP) is 4.34. The van der Waals surface area contributed by atoms with E-state index in [9.17, 15) is 0 Å². The summed E-state index contributed by atoms with van der Waals surface area (Å²) in [6.07, 6.45) is 2.10. The van der Waals surface area contributed by atoms with E-state index in [1.165, 1.54) is 5.56 Å². The molecule has 1 nitrogen and oxygen atoms in total. The highest BCUT2D eigenvalue weighted by Crippen LogP contribution is 2.22. The van der Waals surface area contributed by atoms with E-state index >= 15 is 0 Å². The lowest BCUT2D eigenvalue weighted by molar-refractivity contribution is 0.482. The molecule has 0 aromatic heterocycles. The summed E-state index contributed by atoms with van der Waals surface area (Å²) in [4.78, 5) is 0. The fourth-order valence-electron chi connectivity index (χ4n) is 1.49. The second-order valence-electron chi connectivity index (χ2n) is 3.50. The van der Waals surface area contributed by atoms with Crippen LogP contribution in [0.4, 0.5) is 0 Å². The molecule has 0 atom stereocenters. The van der Waals surface area contributed by atoms with Crippen molar-refractivity contribution in [2.45, 2.75) is 5.75 Å². The molecular formula is C14H14OS. The van der Waals surface area contributed by atoms with Gasteiger partial charge in [0, 0.05) is 5.75 Å². The van der Waals surface area contributed by atoms with Crippen molar-refractivity contribution in [2.75, 3.05) is 6.26 Å². The zero-order valence-corrected chi connectivity index (χ0v) is 10.0. The molecule has 0 radical (unpaired) electrons. The van der Waals surface area contributed by atoms with Crippen LogP contribution in [-0.2, 0) is 5.75 Å². The Hall–Kier alpha value is -1.41. The molecule has 2 rings (SSSR count). The van der Waals surface area contributed by atoms with Crippen LogP contribution in [0.1, 0.15) is 5.56 Å². The molecule has 0 bridgehead atoms. The van der Waals surface area contributed by atoms with Crippen LogP contribution in [0.15, 0.2) is 54.6 Å². The maximum Gasteiger partial charge on any atom is 0.127 e. The molecule has 0 amide bonds. The average molecular weight is 230 g/mol. The lowest BCUT2D eigenvalue weighted by Gasteiger charge is -2.06. The van der Waals surface area contributed by atoms with Crippen molar-refractivity contribution < 1.29 is 4.74 Å². The highest BCUT2D eigenvalue weighted by Gasteiger charge is 1.97. The summed E-state index contributed by atoms with van der Waals surface area (Å²) in [7, 11) is 0. The molecule has 0 heterocycles. The van der Waals surface area contributed by atoms with Crippen molar-refractivity contribution in [1.82, 2.24) is 0 Å². The Labute approximate surface area is 100 Å². The van der Waals surface area contributed by atoms with E-state index in [0.29, 0.717) is 0 Å². The summed E-state index contributed by atoms with van der Waals surface area (Å²) in [5.41, 5.74) is 1.29. The molecule has 0 saturated heterocycles. The third-order valence-electron chi connectivity index (χ3n) is 2.19. The molecule has 0 aliphatic rings. The fraction of sp³-hybridized carbons (Fsp3) is 0.143. The summed E-state index contributed by atoms with van der Waals surface area (Å²) in [6, 6.07) is 18.1. The topological polar surface area (TPSA) is 9.23 Å². The Kier molecular flexibility index (Phi) is 3.89. The smallest absolute Gasteiger partial charge is 0.127 e. The van der Waals surface area contributed by atoms with E-state index in [2.05, 4.69) is 18.4 Å². The molecule has 0 spiro atoms. The lowest BCUT2D eigenvalue weighted by atomic mass is 10.2. The van der Waals surface area contributed by atoms with Gasteiger partial charge in [-0.3, -0.25) is 0 Å². The average Bonchev–Trinajstić information content (AvgIpc) is 2.31. The van der Waals surface area contributed by atoms with E-state index in [4.69, 9.17) is 4.74 Å². The molecule has 0 unspecified atom stereocenters. The number of ether oxygens (including phenoxy) is 1. The Morgan fingerprint density at radius 3 is 2.44 bits per heavy atom. The van der Waals surface area contributed by atoms with Crippen LogP contribution in [0.2, 0.25) is 0 Å². The van der Waals surface area contributed by atoms with Crippen molar-refractivity contribution >= 4 is 11.8 Å². The molecule has 0 aliphatic heterocycles. The fourth-order valence-corrected chi connectivity index (χ4v) is 2.00. The molecule has 0 aliphatic carbocycles. The molecule has 2 aromatic carbocycles. The number of hydrogen-bond donors (Lipinski definition) is 0. The molecule has 2 heteroatoms. The van der Waals surface area contributed by atoms with Gasteiger partial charge in [-0.15, -0.1) is 0 Å². The van der Waals surface area contributed by atoms with Crippen LogP contribution in [0.25, 0.3) is 0 Å². The summed E-state index contributed by atoms with van der Waals surface area (Å²) in [5.74, 6) is 2.80. The normalized spacial score (nSPS) is 10.1. The Bertz CT molecular complexity index is 439. The van der Waals surface area contributed by atoms with Crippen LogP contribution in [0.5, 0.6) is 11.5 Å². The zero-order valence-electron chi connectivity index (χ0n) is 9.22. The summed E-state index contributed by atoms with van der Waals surface area (Å²) >= 11 is 1.81. The predicted molar refractivity (Wildman–Crippen MR) is 70.2 cm³/mol. The standard InChI is InChI=1S/C14H14OS/c1-16-11-12-6-5-9-14(10-12)15-13-7-3-2-4-8-13/h2-10H,11H2,1H3. The van der Waals surface area contributed by atoms with Gasteiger partial charge in [0.25, 0.3) is 0 Å². The molecule has 0 fully saturated rings. The van der Waals surface area contributed by atoms with Crippen LogP contribution < -0.4 is 4.74 Å². The van der Waals surface area contributed by atoms with Gasteiger partial charge in [-0.25, -0.2) is 0 Å². The van der Waals surface area contributed by atoms with E-state index in [0.717, 1.165) is 17.3 Å². The van der Waals surface area contributed by atoms with Crippen LogP contribution >= 0.6 is 11.8 Å². The van der Waals surface area contributed by atoms with Gasteiger partial charge in [-0.2, -0.15) is 11.8 Å². The summed E-state index contributed by atoms with van der Waals surface area (Å²) < 4.78 is 5.76. The number of para-hydroxylation sites is 1. The summed E-state index contributed by atoms with van der Waals surface area (Å²) in [6.45, 7) is 0. The minimum atomic E-state index is 0.879. The largest absolute Gasteiger partial charge is 0.457 e. The first-order valence-electron chi connectivity index (χ1n) is 5.19. The van der Waals surface area contributed by atoms with Crippen molar-refractivity contribution in [1.29, 1.82) is 0 Å². The van der Waals surface area contributed by atoms with Gasteiger partial charge in [0.1, 0.15) is 11.5 Å². The minimum absolute atomic E-state index is 0.879. The molecular weight excluding hydrogens is 216 g/mol. The van der Waals surface area contributed by atoms with E-state index in [1.807, 2.05) is 54.2 Å². The number of rotatable bonds is 4. The van der Waals surface area contributed by atoms with Crippen LogP contribution in [-0.4, -0.2) is 6.26 Å². The minimum Gasteiger partial charge on any atom is -0.457 e. The third kappa shape index (κ3) is 3.04. The first-order valence-corrected chi connectivity index (χ1v) is 6.58. The monoisotopic (exact) mass is 230 g/mol. The van der Waals surface area contributed by atoms with Crippen molar-refractivity contribution in [2.24, 2.45) is 0 Å². The third-order valence-corrected chi connectivity index (χ3v) is 2.81. The molecule has 82 valence electrons. The first kappa shape index (κ1) is 11.1. The number of thioether (sulfide) groups is 1. The van der Waals surface area contributed by atoms with Gasteiger partial charge < -0.3 is 4.74 Å². The highest BCUT2D eigenvalue weighted by molar-refractivity contribution is 7.97.